The van der Waals surface area contributed by atoms with Crippen LogP contribution in [-0.2, 0) is 9.47 Å². The molecule has 0 bridgehead atoms. The average Bonchev–Trinajstić information content (AvgIpc) is 2.74. The molecule has 3 rings (SSSR count). The molecule has 2 saturated heterocycles. The number of hydrogen-bond acceptors (Lipinski definition) is 3. The van der Waals surface area contributed by atoms with Gasteiger partial charge in [0.25, 0.3) is 0 Å². The molecule has 0 radical (unpaired) electrons. The standard InChI is InChI=1S/C23H37N3O2.HI/c1-18-7-9-20(10-8-18)19(2)16-25-23(24-3)26-13-11-21(12-14-26)28-17-22-6-4-5-15-27-22;/h7-10,19,21-22H,4-6,11-17H2,1-3H3,(H,24,25);1H. The lowest BCUT2D eigenvalue weighted by atomic mass is 10.00. The third-order valence-corrected chi connectivity index (χ3v) is 5.96. The molecule has 6 heteroatoms. The first-order valence-corrected chi connectivity index (χ1v) is 10.9. The molecule has 0 aliphatic carbocycles. The fraction of sp³-hybridized carbons (Fsp3) is 0.696. The molecule has 2 aliphatic rings. The van der Waals surface area contributed by atoms with E-state index in [1.165, 1.54) is 24.0 Å². The molecule has 1 aromatic rings. The number of halogens is 1. The molecule has 0 spiro atoms. The number of hydrogen-bond donors (Lipinski definition) is 1. The zero-order valence-corrected chi connectivity index (χ0v) is 20.6. The maximum atomic E-state index is 6.14. The summed E-state index contributed by atoms with van der Waals surface area (Å²) in [7, 11) is 1.88. The van der Waals surface area contributed by atoms with Crippen molar-refractivity contribution in [1.29, 1.82) is 0 Å². The number of ether oxygens (including phenoxy) is 2. The summed E-state index contributed by atoms with van der Waals surface area (Å²) in [6.07, 6.45) is 6.39. The Morgan fingerprint density at radius 1 is 1.21 bits per heavy atom. The molecule has 2 aliphatic heterocycles. The van der Waals surface area contributed by atoms with E-state index >= 15 is 0 Å². The number of rotatable bonds is 6. The van der Waals surface area contributed by atoms with E-state index in [-0.39, 0.29) is 24.0 Å². The minimum absolute atomic E-state index is 0. The Hall–Kier alpha value is -0.860. The lowest BCUT2D eigenvalue weighted by Gasteiger charge is -2.35. The average molecular weight is 515 g/mol. The lowest BCUT2D eigenvalue weighted by Crippen LogP contribution is -2.48. The van der Waals surface area contributed by atoms with Crippen molar-refractivity contribution in [2.45, 2.75) is 64.1 Å². The molecule has 0 saturated carbocycles. The van der Waals surface area contributed by atoms with Gasteiger partial charge >= 0.3 is 0 Å². The number of benzene rings is 1. The van der Waals surface area contributed by atoms with Crippen LogP contribution in [0.3, 0.4) is 0 Å². The van der Waals surface area contributed by atoms with Gasteiger partial charge in [0.1, 0.15) is 0 Å². The topological polar surface area (TPSA) is 46.1 Å². The highest BCUT2D eigenvalue weighted by Gasteiger charge is 2.24. The van der Waals surface area contributed by atoms with Crippen LogP contribution in [0.2, 0.25) is 0 Å². The van der Waals surface area contributed by atoms with Crippen molar-refractivity contribution in [3.8, 4) is 0 Å². The second-order valence-corrected chi connectivity index (χ2v) is 8.25. The van der Waals surface area contributed by atoms with Gasteiger partial charge in [-0.1, -0.05) is 36.8 Å². The SMILES string of the molecule is CN=C(NCC(C)c1ccc(C)cc1)N1CCC(OCC2CCCCO2)CC1.I. The summed E-state index contributed by atoms with van der Waals surface area (Å²) >= 11 is 0. The second-order valence-electron chi connectivity index (χ2n) is 8.25. The summed E-state index contributed by atoms with van der Waals surface area (Å²) in [5.74, 6) is 1.46. The molecule has 0 amide bonds. The van der Waals surface area contributed by atoms with Gasteiger partial charge in [-0.2, -0.15) is 0 Å². The molecule has 0 aromatic heterocycles. The van der Waals surface area contributed by atoms with Crippen LogP contribution in [0.4, 0.5) is 0 Å². The summed E-state index contributed by atoms with van der Waals surface area (Å²) in [5, 5.41) is 3.57. The summed E-state index contributed by atoms with van der Waals surface area (Å²) in [6.45, 7) is 8.93. The fourth-order valence-electron chi connectivity index (χ4n) is 4.01. The van der Waals surface area contributed by atoms with Gasteiger partial charge in [0.05, 0.1) is 18.8 Å². The molecule has 29 heavy (non-hydrogen) atoms. The van der Waals surface area contributed by atoms with Crippen LogP contribution in [-0.4, -0.2) is 63.0 Å². The number of piperidine rings is 1. The second kappa shape index (κ2) is 12.7. The van der Waals surface area contributed by atoms with Gasteiger partial charge in [-0.15, -0.1) is 24.0 Å². The van der Waals surface area contributed by atoms with Crippen molar-refractivity contribution < 1.29 is 9.47 Å². The van der Waals surface area contributed by atoms with Crippen molar-refractivity contribution in [3.05, 3.63) is 35.4 Å². The van der Waals surface area contributed by atoms with Crippen molar-refractivity contribution in [2.24, 2.45) is 4.99 Å². The van der Waals surface area contributed by atoms with Crippen LogP contribution in [0, 0.1) is 6.92 Å². The predicted molar refractivity (Wildman–Crippen MR) is 131 cm³/mol. The molecule has 2 unspecified atom stereocenters. The third kappa shape index (κ3) is 7.72. The maximum absolute atomic E-state index is 6.14. The van der Waals surface area contributed by atoms with Crippen LogP contribution in [0.25, 0.3) is 0 Å². The Morgan fingerprint density at radius 2 is 1.93 bits per heavy atom. The van der Waals surface area contributed by atoms with Gasteiger partial charge in [0.15, 0.2) is 5.96 Å². The van der Waals surface area contributed by atoms with E-state index in [9.17, 15) is 0 Å². The van der Waals surface area contributed by atoms with Crippen LogP contribution < -0.4 is 5.32 Å². The van der Waals surface area contributed by atoms with Gasteiger partial charge in [-0.05, 0) is 50.5 Å². The minimum Gasteiger partial charge on any atom is -0.376 e. The van der Waals surface area contributed by atoms with E-state index in [2.05, 4.69) is 53.3 Å². The summed E-state index contributed by atoms with van der Waals surface area (Å²) in [4.78, 5) is 6.87. The maximum Gasteiger partial charge on any atom is 0.193 e. The fourth-order valence-corrected chi connectivity index (χ4v) is 4.01. The third-order valence-electron chi connectivity index (χ3n) is 5.96. The normalized spacial score (nSPS) is 22.1. The monoisotopic (exact) mass is 515 g/mol. The van der Waals surface area contributed by atoms with E-state index in [4.69, 9.17) is 9.47 Å². The van der Waals surface area contributed by atoms with Crippen LogP contribution in [0.1, 0.15) is 56.1 Å². The van der Waals surface area contributed by atoms with Crippen molar-refractivity contribution in [3.63, 3.8) is 0 Å². The van der Waals surface area contributed by atoms with E-state index in [1.807, 2.05) is 7.05 Å². The van der Waals surface area contributed by atoms with E-state index < -0.39 is 0 Å². The Labute approximate surface area is 193 Å². The first-order chi connectivity index (χ1) is 13.7. The smallest absolute Gasteiger partial charge is 0.193 e. The zero-order valence-electron chi connectivity index (χ0n) is 18.2. The number of guanidine groups is 1. The van der Waals surface area contributed by atoms with Gasteiger partial charge in [-0.25, -0.2) is 0 Å². The molecule has 1 aromatic carbocycles. The van der Waals surface area contributed by atoms with E-state index in [1.54, 1.807) is 0 Å². The molecule has 2 atom stereocenters. The summed E-state index contributed by atoms with van der Waals surface area (Å²) in [6, 6.07) is 8.82. The largest absolute Gasteiger partial charge is 0.376 e. The van der Waals surface area contributed by atoms with Crippen LogP contribution >= 0.6 is 24.0 Å². The summed E-state index contributed by atoms with van der Waals surface area (Å²) < 4.78 is 11.9. The van der Waals surface area contributed by atoms with Crippen molar-refractivity contribution >= 4 is 29.9 Å². The first-order valence-electron chi connectivity index (χ1n) is 10.9. The molecule has 1 N–H and O–H groups in total. The number of aryl methyl sites for hydroxylation is 1. The molecule has 5 nitrogen and oxygen atoms in total. The highest BCUT2D eigenvalue weighted by atomic mass is 127. The molecular weight excluding hydrogens is 477 g/mol. The molecule has 164 valence electrons. The van der Waals surface area contributed by atoms with Gasteiger partial charge in [-0.3, -0.25) is 4.99 Å². The highest BCUT2D eigenvalue weighted by molar-refractivity contribution is 14.0. The van der Waals surface area contributed by atoms with Crippen molar-refractivity contribution in [1.82, 2.24) is 10.2 Å². The number of nitrogens with one attached hydrogen (secondary N) is 1. The molecule has 2 heterocycles. The highest BCUT2D eigenvalue weighted by Crippen LogP contribution is 2.19. The number of likely N-dealkylation sites (tertiary alicyclic amines) is 1. The molecular formula is C23H38IN3O2. The van der Waals surface area contributed by atoms with Crippen molar-refractivity contribution in [2.75, 3.05) is 39.9 Å². The Morgan fingerprint density at radius 3 is 2.55 bits per heavy atom. The lowest BCUT2D eigenvalue weighted by molar-refractivity contribution is -0.0721. The van der Waals surface area contributed by atoms with Crippen LogP contribution in [0.5, 0.6) is 0 Å². The van der Waals surface area contributed by atoms with Gasteiger partial charge in [0, 0.05) is 33.3 Å². The Bertz CT molecular complexity index is 609. The number of aliphatic imine (C=N–C) groups is 1. The quantitative estimate of drug-likeness (QED) is 0.348. The first kappa shape index (κ1) is 24.4. The van der Waals surface area contributed by atoms with E-state index in [0.29, 0.717) is 18.1 Å². The number of nitrogens with zero attached hydrogens (tertiary/aromatic N) is 2. The van der Waals surface area contributed by atoms with Gasteiger partial charge in [0.2, 0.25) is 0 Å². The summed E-state index contributed by atoms with van der Waals surface area (Å²) in [5.41, 5.74) is 2.67. The van der Waals surface area contributed by atoms with Gasteiger partial charge < -0.3 is 19.7 Å². The minimum atomic E-state index is 0. The van der Waals surface area contributed by atoms with E-state index in [0.717, 1.165) is 58.1 Å². The predicted octanol–water partition coefficient (Wildman–Crippen LogP) is 4.34. The zero-order chi connectivity index (χ0) is 19.8. The Kier molecular flexibility index (Phi) is 10.7. The van der Waals surface area contributed by atoms with Crippen LogP contribution in [0.15, 0.2) is 29.3 Å². The molecule has 2 fully saturated rings. The Balaban J connectivity index is 0.00000300.